The molecular formula is C22H24N2O3S. The number of thiazole rings is 1. The number of amides is 1. The standard InChI is InChI=1S/C22H24N2O3S/c1-5-16-6-8-17(9-7-16)12-20(25)23-22-24(13-21(26)27-4)18-10-14(2)15(3)11-19(18)28-22/h6-11H,5,12-13H2,1-4H3. The van der Waals surface area contributed by atoms with Gasteiger partial charge >= 0.3 is 5.97 Å². The summed E-state index contributed by atoms with van der Waals surface area (Å²) in [6.45, 7) is 6.19. The van der Waals surface area contributed by atoms with Crippen LogP contribution >= 0.6 is 11.3 Å². The lowest BCUT2D eigenvalue weighted by Crippen LogP contribution is -2.22. The zero-order chi connectivity index (χ0) is 20.3. The number of hydrogen-bond donors (Lipinski definition) is 0. The van der Waals surface area contributed by atoms with Crippen molar-refractivity contribution in [3.05, 3.63) is 63.5 Å². The summed E-state index contributed by atoms with van der Waals surface area (Å²) < 4.78 is 7.57. The van der Waals surface area contributed by atoms with Gasteiger partial charge in [-0.25, -0.2) is 0 Å². The molecule has 1 heterocycles. The average molecular weight is 397 g/mol. The minimum absolute atomic E-state index is 0.0241. The number of benzene rings is 2. The van der Waals surface area contributed by atoms with Crippen LogP contribution in [-0.4, -0.2) is 23.6 Å². The maximum atomic E-state index is 12.6. The zero-order valence-corrected chi connectivity index (χ0v) is 17.4. The fraction of sp³-hybridized carbons (Fsp3) is 0.318. The van der Waals surface area contributed by atoms with Crippen molar-refractivity contribution in [3.8, 4) is 0 Å². The Balaban J connectivity index is 2.00. The average Bonchev–Trinajstić information content (AvgIpc) is 2.98. The first-order valence-electron chi connectivity index (χ1n) is 9.24. The van der Waals surface area contributed by atoms with Gasteiger partial charge in [-0.2, -0.15) is 4.99 Å². The molecule has 146 valence electrons. The van der Waals surface area contributed by atoms with Gasteiger partial charge < -0.3 is 9.30 Å². The normalized spacial score (nSPS) is 11.8. The van der Waals surface area contributed by atoms with Crippen LogP contribution in [0.15, 0.2) is 41.4 Å². The summed E-state index contributed by atoms with van der Waals surface area (Å²) in [5, 5.41) is 0. The van der Waals surface area contributed by atoms with Gasteiger partial charge in [0.05, 0.1) is 23.7 Å². The maximum Gasteiger partial charge on any atom is 0.325 e. The molecule has 0 N–H and O–H groups in total. The van der Waals surface area contributed by atoms with Crippen molar-refractivity contribution in [2.24, 2.45) is 4.99 Å². The number of carbonyl (C=O) groups is 2. The first-order valence-corrected chi connectivity index (χ1v) is 10.1. The van der Waals surface area contributed by atoms with Crippen LogP contribution in [0.2, 0.25) is 0 Å². The van der Waals surface area contributed by atoms with Crippen LogP contribution < -0.4 is 4.80 Å². The zero-order valence-electron chi connectivity index (χ0n) is 16.6. The molecule has 6 heteroatoms. The Bertz CT molecular complexity index is 1090. The molecule has 0 atom stereocenters. The number of methoxy groups -OCH3 is 1. The highest BCUT2D eigenvalue weighted by atomic mass is 32.1. The molecule has 2 aromatic carbocycles. The molecule has 3 rings (SSSR count). The monoisotopic (exact) mass is 396 g/mol. The van der Waals surface area contributed by atoms with Gasteiger partial charge in [0.1, 0.15) is 6.54 Å². The van der Waals surface area contributed by atoms with Crippen molar-refractivity contribution >= 4 is 33.4 Å². The van der Waals surface area contributed by atoms with Crippen molar-refractivity contribution in [2.75, 3.05) is 7.11 Å². The molecule has 0 radical (unpaired) electrons. The van der Waals surface area contributed by atoms with E-state index >= 15 is 0 Å². The smallest absolute Gasteiger partial charge is 0.325 e. The number of aryl methyl sites for hydroxylation is 3. The number of esters is 1. The Morgan fingerprint density at radius 2 is 1.71 bits per heavy atom. The summed E-state index contributed by atoms with van der Waals surface area (Å²) in [7, 11) is 1.36. The molecule has 3 aromatic rings. The van der Waals surface area contributed by atoms with E-state index in [1.807, 2.05) is 44.2 Å². The molecule has 1 amide bonds. The minimum Gasteiger partial charge on any atom is -0.468 e. The topological polar surface area (TPSA) is 60.7 Å². The van der Waals surface area contributed by atoms with Crippen LogP contribution in [0.4, 0.5) is 0 Å². The second-order valence-electron chi connectivity index (χ2n) is 6.80. The maximum absolute atomic E-state index is 12.6. The van der Waals surface area contributed by atoms with E-state index in [4.69, 9.17) is 4.74 Å². The first kappa shape index (κ1) is 20.0. The molecule has 0 saturated carbocycles. The molecule has 0 bridgehead atoms. The summed E-state index contributed by atoms with van der Waals surface area (Å²) in [5.74, 6) is -0.607. The SMILES string of the molecule is CCc1ccc(CC(=O)N=c2sc3cc(C)c(C)cc3n2CC(=O)OC)cc1. The number of rotatable bonds is 5. The molecule has 0 saturated heterocycles. The van der Waals surface area contributed by atoms with Crippen molar-refractivity contribution in [1.82, 2.24) is 4.57 Å². The number of carbonyl (C=O) groups excluding carboxylic acids is 2. The molecule has 0 aliphatic carbocycles. The van der Waals surface area contributed by atoms with E-state index < -0.39 is 0 Å². The van der Waals surface area contributed by atoms with Gasteiger partial charge in [-0.15, -0.1) is 0 Å². The molecule has 28 heavy (non-hydrogen) atoms. The molecule has 1 aromatic heterocycles. The number of fused-ring (bicyclic) bond motifs is 1. The van der Waals surface area contributed by atoms with Gasteiger partial charge in [0, 0.05) is 0 Å². The summed E-state index contributed by atoms with van der Waals surface area (Å²) in [6.07, 6.45) is 1.20. The highest BCUT2D eigenvalue weighted by Gasteiger charge is 2.13. The summed E-state index contributed by atoms with van der Waals surface area (Å²) in [4.78, 5) is 29.3. The molecule has 5 nitrogen and oxygen atoms in total. The third-order valence-corrected chi connectivity index (χ3v) is 5.86. The van der Waals surface area contributed by atoms with Crippen molar-refractivity contribution < 1.29 is 14.3 Å². The first-order chi connectivity index (χ1) is 13.4. The third-order valence-electron chi connectivity index (χ3n) is 4.82. The predicted octanol–water partition coefficient (Wildman–Crippen LogP) is 3.73. The molecule has 0 unspecified atom stereocenters. The van der Waals surface area contributed by atoms with E-state index in [1.165, 1.54) is 24.0 Å². The molecule has 0 aliphatic heterocycles. The fourth-order valence-electron chi connectivity index (χ4n) is 2.97. The lowest BCUT2D eigenvalue weighted by Gasteiger charge is -2.05. The van der Waals surface area contributed by atoms with Crippen molar-refractivity contribution in [3.63, 3.8) is 0 Å². The number of nitrogens with zero attached hydrogens (tertiary/aromatic N) is 2. The Kier molecular flexibility index (Phi) is 6.09. The molecular weight excluding hydrogens is 372 g/mol. The highest BCUT2D eigenvalue weighted by molar-refractivity contribution is 7.16. The van der Waals surface area contributed by atoms with Gasteiger partial charge in [-0.05, 0) is 54.7 Å². The number of hydrogen-bond acceptors (Lipinski definition) is 4. The van der Waals surface area contributed by atoms with Gasteiger partial charge in [0.25, 0.3) is 5.91 Å². The number of aromatic nitrogens is 1. The summed E-state index contributed by atoms with van der Waals surface area (Å²) >= 11 is 1.41. The van der Waals surface area contributed by atoms with Gasteiger partial charge in [0.15, 0.2) is 4.80 Å². The van der Waals surface area contributed by atoms with E-state index in [1.54, 1.807) is 4.57 Å². The number of ether oxygens (including phenoxy) is 1. The summed E-state index contributed by atoms with van der Waals surface area (Å²) in [5.41, 5.74) is 5.33. The van der Waals surface area contributed by atoms with Crippen LogP contribution in [0.5, 0.6) is 0 Å². The van der Waals surface area contributed by atoms with Gasteiger partial charge in [-0.1, -0.05) is 42.5 Å². The minimum atomic E-state index is -0.373. The lowest BCUT2D eigenvalue weighted by atomic mass is 10.1. The van der Waals surface area contributed by atoms with Crippen LogP contribution in [0.1, 0.15) is 29.2 Å². The molecule has 0 spiro atoms. The van der Waals surface area contributed by atoms with Crippen molar-refractivity contribution in [1.29, 1.82) is 0 Å². The Morgan fingerprint density at radius 3 is 2.36 bits per heavy atom. The van der Waals surface area contributed by atoms with Crippen LogP contribution in [0.3, 0.4) is 0 Å². The lowest BCUT2D eigenvalue weighted by molar-refractivity contribution is -0.141. The van der Waals surface area contributed by atoms with Crippen LogP contribution in [-0.2, 0) is 33.7 Å². The van der Waals surface area contributed by atoms with E-state index in [0.29, 0.717) is 4.80 Å². The predicted molar refractivity (Wildman–Crippen MR) is 111 cm³/mol. The van der Waals surface area contributed by atoms with E-state index in [2.05, 4.69) is 18.0 Å². The highest BCUT2D eigenvalue weighted by Crippen LogP contribution is 2.22. The van der Waals surface area contributed by atoms with Crippen LogP contribution in [0, 0.1) is 13.8 Å². The van der Waals surface area contributed by atoms with Gasteiger partial charge in [-0.3, -0.25) is 9.59 Å². The van der Waals surface area contributed by atoms with Gasteiger partial charge in [0.2, 0.25) is 0 Å². The van der Waals surface area contributed by atoms with E-state index in [0.717, 1.165) is 33.3 Å². The Morgan fingerprint density at radius 1 is 1.07 bits per heavy atom. The summed E-state index contributed by atoms with van der Waals surface area (Å²) in [6, 6.07) is 12.1. The molecule has 0 aliphatic rings. The third kappa shape index (κ3) is 4.39. The van der Waals surface area contributed by atoms with E-state index in [-0.39, 0.29) is 24.8 Å². The largest absolute Gasteiger partial charge is 0.468 e. The Hall–Kier alpha value is -2.73. The Labute approximate surface area is 168 Å². The van der Waals surface area contributed by atoms with E-state index in [9.17, 15) is 9.59 Å². The second-order valence-corrected chi connectivity index (χ2v) is 7.81. The van der Waals surface area contributed by atoms with Crippen LogP contribution in [0.25, 0.3) is 10.2 Å². The molecule has 0 fully saturated rings. The second kappa shape index (κ2) is 8.52. The fourth-order valence-corrected chi connectivity index (χ4v) is 4.09. The quantitative estimate of drug-likeness (QED) is 0.618. The van der Waals surface area contributed by atoms with Crippen molar-refractivity contribution in [2.45, 2.75) is 40.2 Å².